The summed E-state index contributed by atoms with van der Waals surface area (Å²) in [5, 5.41) is 11.8. The zero-order valence-electron chi connectivity index (χ0n) is 48.5. The molecule has 20 nitrogen and oxygen atoms in total. The molecule has 0 radical (unpaired) electrons. The van der Waals surface area contributed by atoms with Crippen molar-refractivity contribution in [3.8, 4) is 17.2 Å². The van der Waals surface area contributed by atoms with Gasteiger partial charge in [-0.3, -0.25) is 28.1 Å². The van der Waals surface area contributed by atoms with E-state index >= 15 is 14.2 Å². The number of imide groups is 1. The standard InChI is InChI=1S/C59H76ClN4O16PSi2/c1-58-33-40-34-61(56(68)63(54(40)66)38-73-27-29-82(4,5)6)52-31-47(65)50(77-52)36-76-81(70,79-48-18-14-13-17-46(48)60)80-49-32-53(62(37-58)57(69)64(55(58)67)39-74-28-30-83(7,8)9)78-51(49)35-75-59(41-15-11-10-12-16-41,42-19-23-44(71-2)24-20-42)43-21-25-45(72-3)26-22-43/h10-26,34,47,49-53,65H,27-33,35-39H2,1-9H3/t47-,49-,50+,51+,52+,53+,58+,81?/m0/s1. The number of carbonyl (C=O) groups is 2. The molecule has 448 valence electrons. The summed E-state index contributed by atoms with van der Waals surface area (Å²) in [5.41, 5.74) is -2.31. The van der Waals surface area contributed by atoms with Gasteiger partial charge in [0.15, 0.2) is 0 Å². The van der Waals surface area contributed by atoms with Gasteiger partial charge in [0.1, 0.15) is 67.1 Å². The lowest BCUT2D eigenvalue weighted by Gasteiger charge is -2.45. The lowest BCUT2D eigenvalue weighted by Crippen LogP contribution is -2.64. The van der Waals surface area contributed by atoms with E-state index in [-0.39, 0.29) is 62.0 Å². The van der Waals surface area contributed by atoms with Gasteiger partial charge in [0.2, 0.25) is 5.91 Å². The summed E-state index contributed by atoms with van der Waals surface area (Å²) < 4.78 is 81.0. The van der Waals surface area contributed by atoms with E-state index in [0.29, 0.717) is 22.6 Å². The number of ether oxygens (including phenoxy) is 7. The van der Waals surface area contributed by atoms with E-state index in [4.69, 9.17) is 58.3 Å². The van der Waals surface area contributed by atoms with Crippen LogP contribution in [0.15, 0.2) is 119 Å². The van der Waals surface area contributed by atoms with Crippen molar-refractivity contribution in [2.24, 2.45) is 5.41 Å². The maximum atomic E-state index is 15.7. The Bertz CT molecular complexity index is 3200. The molecule has 1 unspecified atom stereocenters. The molecule has 5 heterocycles. The number of aliphatic hydroxyl groups is 1. The average Bonchev–Trinajstić information content (AvgIpc) is 2.75. The SMILES string of the molecule is COc1ccc(C(OC[C@H]2O[C@@H]3C[C@@H]2OP(=O)(Oc2ccccc2Cl)OC[C@H]2O[C@H](C[C@@H]2O)n2cc(c(=O)n(COCC[Si](C)(C)C)c2=O)C[C@]2(C)CN3C(=O)N(COCC[Si](C)(C)C)C2=O)(c2ccccc2)c2ccc(OC)cc2)cc1. The molecule has 3 saturated heterocycles. The van der Waals surface area contributed by atoms with E-state index in [9.17, 15) is 14.7 Å². The highest BCUT2D eigenvalue weighted by atomic mass is 35.5. The number of phosphoric acid groups is 1. The Morgan fingerprint density at radius 3 is 1.94 bits per heavy atom. The first-order valence-electron chi connectivity index (χ1n) is 27.9. The highest BCUT2D eigenvalue weighted by molar-refractivity contribution is 7.49. The zero-order valence-corrected chi connectivity index (χ0v) is 52.2. The van der Waals surface area contributed by atoms with Crippen LogP contribution in [0.2, 0.25) is 56.4 Å². The number of fused-ring (bicyclic) bond motifs is 10. The molecule has 4 aliphatic rings. The van der Waals surface area contributed by atoms with E-state index in [1.165, 1.54) is 27.8 Å². The summed E-state index contributed by atoms with van der Waals surface area (Å²) in [6.07, 6.45) is -6.68. The molecule has 3 amide bonds. The number of hydrogen-bond acceptors (Lipinski definition) is 16. The minimum Gasteiger partial charge on any atom is -0.497 e. The summed E-state index contributed by atoms with van der Waals surface area (Å²) >= 11 is 6.66. The van der Waals surface area contributed by atoms with Crippen molar-refractivity contribution >= 4 is 47.5 Å². The van der Waals surface area contributed by atoms with Crippen LogP contribution >= 0.6 is 19.4 Å². The van der Waals surface area contributed by atoms with Gasteiger partial charge in [0.05, 0.1) is 44.0 Å². The van der Waals surface area contributed by atoms with E-state index in [1.807, 2.05) is 78.9 Å². The van der Waals surface area contributed by atoms with E-state index < -0.39 is 115 Å². The molecule has 5 aromatic rings. The number of nitrogens with zero attached hydrogens (tertiary/aromatic N) is 4. The van der Waals surface area contributed by atoms with Gasteiger partial charge in [-0.25, -0.2) is 23.6 Å². The number of aromatic nitrogens is 2. The van der Waals surface area contributed by atoms with Crippen molar-refractivity contribution in [2.45, 2.75) is 127 Å². The van der Waals surface area contributed by atoms with Gasteiger partial charge in [-0.1, -0.05) is 118 Å². The number of phosphoric ester groups is 1. The molecule has 9 rings (SSSR count). The number of para-hydroxylation sites is 1. The lowest BCUT2D eigenvalue weighted by atomic mass is 9.80. The summed E-state index contributed by atoms with van der Waals surface area (Å²) in [7, 11) is -5.02. The molecule has 3 fully saturated rings. The third-order valence-corrected chi connectivity index (χ3v) is 20.6. The average molecular weight is 1220 g/mol. The van der Waals surface area contributed by atoms with Crippen molar-refractivity contribution in [3.63, 3.8) is 0 Å². The fraction of sp³-hybridized carbons (Fsp3) is 0.492. The monoisotopic (exact) mass is 1220 g/mol. The van der Waals surface area contributed by atoms with Gasteiger partial charge < -0.3 is 42.8 Å². The second-order valence-corrected chi connectivity index (χ2v) is 37.4. The Kier molecular flexibility index (Phi) is 19.2. The molecule has 1 N–H and O–H groups in total. The van der Waals surface area contributed by atoms with Crippen molar-refractivity contribution in [2.75, 3.05) is 53.9 Å². The summed E-state index contributed by atoms with van der Waals surface area (Å²) in [4.78, 5) is 62.1. The summed E-state index contributed by atoms with van der Waals surface area (Å²) in [6.45, 7) is 13.3. The molecule has 4 aromatic carbocycles. The highest BCUT2D eigenvalue weighted by Gasteiger charge is 2.55. The fourth-order valence-electron chi connectivity index (χ4n) is 10.7. The van der Waals surface area contributed by atoms with Crippen LogP contribution < -0.4 is 25.2 Å². The number of amides is 3. The molecular formula is C59H76ClN4O16PSi2. The largest absolute Gasteiger partial charge is 0.530 e. The molecule has 0 saturated carbocycles. The molecule has 4 aliphatic heterocycles. The van der Waals surface area contributed by atoms with Crippen molar-refractivity contribution in [1.82, 2.24) is 18.9 Å². The van der Waals surface area contributed by atoms with Gasteiger partial charge in [0, 0.05) is 60.5 Å². The maximum Gasteiger partial charge on any atom is 0.530 e. The lowest BCUT2D eigenvalue weighted by molar-refractivity contribution is -0.156. The van der Waals surface area contributed by atoms with Crippen molar-refractivity contribution in [1.29, 1.82) is 0 Å². The number of halogens is 1. The smallest absolute Gasteiger partial charge is 0.497 e. The van der Waals surface area contributed by atoms with Gasteiger partial charge in [-0.2, -0.15) is 0 Å². The minimum absolute atomic E-state index is 0.0389. The van der Waals surface area contributed by atoms with E-state index in [0.717, 1.165) is 27.1 Å². The molecule has 8 atom stereocenters. The first-order valence-corrected chi connectivity index (χ1v) is 37.2. The minimum atomic E-state index is -4.94. The second kappa shape index (κ2) is 25.6. The number of aliphatic hydroxyl groups excluding tert-OH is 1. The van der Waals surface area contributed by atoms with Gasteiger partial charge in [-0.05, 0) is 78.5 Å². The van der Waals surface area contributed by atoms with Crippen LogP contribution in [-0.4, -0.2) is 137 Å². The Hall–Kier alpha value is -5.47. The van der Waals surface area contributed by atoms with Crippen LogP contribution in [0.25, 0.3) is 0 Å². The quantitative estimate of drug-likeness (QED) is 0.0332. The molecule has 0 spiro atoms. The molecule has 0 aliphatic carbocycles. The highest BCUT2D eigenvalue weighted by Crippen LogP contribution is 2.55. The zero-order chi connectivity index (χ0) is 59.5. The number of methoxy groups -OCH3 is 2. The van der Waals surface area contributed by atoms with Gasteiger partial charge in [0.25, 0.3) is 5.56 Å². The Balaban J connectivity index is 1.18. The van der Waals surface area contributed by atoms with Crippen molar-refractivity contribution < 1.29 is 66.0 Å². The second-order valence-electron chi connectivity index (χ2n) is 24.2. The molecule has 1 aromatic heterocycles. The maximum absolute atomic E-state index is 15.7. The molecular weight excluding hydrogens is 1140 g/mol. The molecule has 8 bridgehead atoms. The van der Waals surface area contributed by atoms with Crippen molar-refractivity contribution in [3.05, 3.63) is 157 Å². The first kappa shape index (κ1) is 62.1. The predicted octanol–water partition coefficient (Wildman–Crippen LogP) is 9.49. The van der Waals surface area contributed by atoms with E-state index in [1.54, 1.807) is 33.3 Å². The van der Waals surface area contributed by atoms with Crippen LogP contribution in [0.3, 0.4) is 0 Å². The van der Waals surface area contributed by atoms with Gasteiger partial charge >= 0.3 is 19.5 Å². The predicted molar refractivity (Wildman–Crippen MR) is 315 cm³/mol. The van der Waals surface area contributed by atoms with Crippen LogP contribution in [0.5, 0.6) is 17.2 Å². The number of benzene rings is 4. The van der Waals surface area contributed by atoms with E-state index in [2.05, 4.69) is 39.3 Å². The van der Waals surface area contributed by atoms with Gasteiger partial charge in [-0.15, -0.1) is 0 Å². The number of carbonyl (C=O) groups excluding carboxylic acids is 2. The number of rotatable bonds is 20. The van der Waals surface area contributed by atoms with Crippen LogP contribution in [0, 0.1) is 5.41 Å². The van der Waals surface area contributed by atoms with Crippen LogP contribution in [0.4, 0.5) is 4.79 Å². The fourth-order valence-corrected chi connectivity index (χ4v) is 13.9. The third kappa shape index (κ3) is 14.1. The summed E-state index contributed by atoms with van der Waals surface area (Å²) in [5.74, 6) is 0.524. The third-order valence-electron chi connectivity index (χ3n) is 15.4. The molecule has 24 heteroatoms. The Labute approximate surface area is 491 Å². The summed E-state index contributed by atoms with van der Waals surface area (Å²) in [6, 6.07) is 31.5. The molecule has 83 heavy (non-hydrogen) atoms. The topological polar surface area (TPSA) is 214 Å². The Morgan fingerprint density at radius 2 is 1.34 bits per heavy atom. The number of hydrogen-bond donors (Lipinski definition) is 1. The number of urea groups is 1. The van der Waals surface area contributed by atoms with Crippen LogP contribution in [0.1, 0.15) is 48.2 Å². The normalized spacial score (nSPS) is 25.1. The Morgan fingerprint density at radius 1 is 0.747 bits per heavy atom. The van der Waals surface area contributed by atoms with Crippen LogP contribution in [-0.2, 0) is 60.8 Å². The first-order chi connectivity index (χ1) is 39.4.